The molecule has 7 nitrogen and oxygen atoms in total. The smallest absolute Gasteiger partial charge is 0.123 e. The van der Waals surface area contributed by atoms with Crippen LogP contribution < -0.4 is 10.6 Å². The highest BCUT2D eigenvalue weighted by Crippen LogP contribution is 2.34. The number of aromatic amines is 2. The van der Waals surface area contributed by atoms with Crippen LogP contribution in [0.5, 0.6) is 0 Å². The predicted octanol–water partition coefficient (Wildman–Crippen LogP) is 5.00. The van der Waals surface area contributed by atoms with Crippen LogP contribution in [0, 0.1) is 36.0 Å². The third kappa shape index (κ3) is 3.99. The lowest BCUT2D eigenvalue weighted by Gasteiger charge is -2.13. The number of pyridine rings is 1. The number of H-pyrrole nitrogens is 2. The molecule has 194 valence electrons. The Morgan fingerprint density at radius 1 is 0.800 bits per heavy atom. The molecule has 0 bridgehead atoms. The van der Waals surface area contributed by atoms with Gasteiger partial charge in [-0.1, -0.05) is 48.2 Å². The van der Waals surface area contributed by atoms with Gasteiger partial charge < -0.3 is 15.3 Å². The first-order valence-corrected chi connectivity index (χ1v) is 13.8. The van der Waals surface area contributed by atoms with E-state index in [0.717, 1.165) is 75.7 Å². The molecule has 2 aromatic carbocycles. The Morgan fingerprint density at radius 3 is 2.33 bits per heavy atom. The Balaban J connectivity index is 0.990. The lowest BCUT2D eigenvalue weighted by Crippen LogP contribution is -2.30. The van der Waals surface area contributed by atoms with Crippen LogP contribution in [-0.4, -0.2) is 37.5 Å². The Morgan fingerprint density at radius 2 is 1.57 bits per heavy atom. The van der Waals surface area contributed by atoms with Crippen LogP contribution in [0.15, 0.2) is 67.0 Å². The quantitative estimate of drug-likeness (QED) is 0.244. The van der Waals surface area contributed by atoms with Gasteiger partial charge in [-0.2, -0.15) is 0 Å². The molecule has 5 atom stereocenters. The van der Waals surface area contributed by atoms with Crippen molar-refractivity contribution < 1.29 is 0 Å². The summed E-state index contributed by atoms with van der Waals surface area (Å²) < 4.78 is 0. The zero-order valence-corrected chi connectivity index (χ0v) is 21.8. The zero-order chi connectivity index (χ0) is 26.6. The molecular weight excluding hydrogens is 494 g/mol. The van der Waals surface area contributed by atoms with Gasteiger partial charge >= 0.3 is 0 Å². The maximum atomic E-state index is 5.59. The summed E-state index contributed by atoms with van der Waals surface area (Å²) in [5.74, 6) is 11.9. The van der Waals surface area contributed by atoms with Crippen LogP contribution in [0.25, 0.3) is 44.7 Å². The van der Waals surface area contributed by atoms with Crippen molar-refractivity contribution in [3.63, 3.8) is 0 Å². The molecule has 4 N–H and O–H groups in total. The first-order chi connectivity index (χ1) is 19.7. The van der Waals surface area contributed by atoms with Crippen molar-refractivity contribution in [1.82, 2.24) is 35.6 Å². The normalized spacial score (nSPS) is 24.7. The van der Waals surface area contributed by atoms with E-state index >= 15 is 0 Å². The van der Waals surface area contributed by atoms with E-state index in [4.69, 9.17) is 11.4 Å². The maximum absolute atomic E-state index is 5.59. The van der Waals surface area contributed by atoms with E-state index in [0.29, 0.717) is 12.0 Å². The van der Waals surface area contributed by atoms with Crippen molar-refractivity contribution in [2.24, 2.45) is 11.8 Å². The molecule has 2 aliphatic heterocycles. The molecule has 0 saturated carbocycles. The number of nitrogens with one attached hydrogen (secondary N) is 4. The minimum absolute atomic E-state index is 0.161. The monoisotopic (exact) mass is 521 g/mol. The number of nitrogens with zero attached hydrogens (tertiary/aromatic N) is 3. The zero-order valence-electron chi connectivity index (χ0n) is 21.8. The number of imidazole rings is 2. The first-order valence-electron chi connectivity index (χ1n) is 13.8. The number of fused-ring (bicyclic) bond motifs is 2. The molecule has 0 spiro atoms. The third-order valence-corrected chi connectivity index (χ3v) is 8.41. The highest BCUT2D eigenvalue weighted by atomic mass is 15.1. The van der Waals surface area contributed by atoms with E-state index in [9.17, 15) is 0 Å². The second-order valence-electron chi connectivity index (χ2n) is 10.9. The van der Waals surface area contributed by atoms with E-state index in [2.05, 4.69) is 96.9 Å². The summed E-state index contributed by atoms with van der Waals surface area (Å²) in [6, 6.07) is 19.9. The van der Waals surface area contributed by atoms with Crippen LogP contribution in [0.2, 0.25) is 0 Å². The second kappa shape index (κ2) is 9.20. The fourth-order valence-corrected chi connectivity index (χ4v) is 6.04. The summed E-state index contributed by atoms with van der Waals surface area (Å²) in [6.07, 6.45) is 11.3. The van der Waals surface area contributed by atoms with Crippen LogP contribution >= 0.6 is 0 Å². The molecule has 0 radical (unpaired) electrons. The van der Waals surface area contributed by atoms with Crippen LogP contribution in [0.4, 0.5) is 0 Å². The summed E-state index contributed by atoms with van der Waals surface area (Å²) in [4.78, 5) is 21.1. The van der Waals surface area contributed by atoms with Crippen molar-refractivity contribution >= 4 is 10.9 Å². The van der Waals surface area contributed by atoms with Crippen LogP contribution in [0.3, 0.4) is 0 Å². The van der Waals surface area contributed by atoms with E-state index < -0.39 is 0 Å². The molecule has 5 heterocycles. The first kappa shape index (κ1) is 23.2. The second-order valence-corrected chi connectivity index (χ2v) is 10.9. The van der Waals surface area contributed by atoms with E-state index in [1.807, 2.05) is 18.5 Å². The number of benzene rings is 2. The van der Waals surface area contributed by atoms with Gasteiger partial charge in [0.25, 0.3) is 0 Å². The van der Waals surface area contributed by atoms with Gasteiger partial charge in [-0.25, -0.2) is 15.0 Å². The fraction of sp³-hybridized carbons (Fsp3) is 0.242. The summed E-state index contributed by atoms with van der Waals surface area (Å²) in [6.45, 7) is 0.829. The van der Waals surface area contributed by atoms with E-state index in [-0.39, 0.29) is 18.0 Å². The molecule has 2 fully saturated rings. The molecule has 5 aromatic rings. The lowest BCUT2D eigenvalue weighted by molar-refractivity contribution is 0.587. The SMILES string of the molecule is C#CC1CNC(c2ncc(-c3ccc4cc(-c5ccc(-c6cnc(C7CC8C#CC8N7)[nH]6)cc5)ccc4n3)[nH]2)C1. The van der Waals surface area contributed by atoms with E-state index in [1.165, 1.54) is 0 Å². The van der Waals surface area contributed by atoms with Gasteiger partial charge in [-0.3, -0.25) is 5.32 Å². The summed E-state index contributed by atoms with van der Waals surface area (Å²) in [5.41, 5.74) is 7.20. The average Bonchev–Trinajstić information content (AvgIpc) is 3.79. The maximum Gasteiger partial charge on any atom is 0.123 e. The Labute approximate surface area is 232 Å². The lowest BCUT2D eigenvalue weighted by atomic mass is 9.93. The summed E-state index contributed by atoms with van der Waals surface area (Å²) in [5, 5.41) is 8.11. The van der Waals surface area contributed by atoms with Gasteiger partial charge in [-0.05, 0) is 47.7 Å². The van der Waals surface area contributed by atoms with Crippen molar-refractivity contribution in [2.45, 2.75) is 31.0 Å². The Bertz CT molecular complexity index is 1830. The van der Waals surface area contributed by atoms with Crippen molar-refractivity contribution in [3.8, 4) is 58.0 Å². The van der Waals surface area contributed by atoms with Crippen LogP contribution in [-0.2, 0) is 0 Å². The Kier molecular flexibility index (Phi) is 5.34. The number of hydrogen-bond acceptors (Lipinski definition) is 5. The molecule has 1 aliphatic carbocycles. The van der Waals surface area contributed by atoms with E-state index in [1.54, 1.807) is 0 Å². The van der Waals surface area contributed by atoms with Crippen molar-refractivity contribution in [2.75, 3.05) is 6.54 Å². The fourth-order valence-electron chi connectivity index (χ4n) is 6.04. The number of rotatable bonds is 5. The molecule has 5 unspecified atom stereocenters. The predicted molar refractivity (Wildman–Crippen MR) is 156 cm³/mol. The molecule has 3 aromatic heterocycles. The minimum Gasteiger partial charge on any atom is -0.341 e. The standard InChI is InChI=1S/C33H27N7/c1-2-19-13-28(34-16-19)32-36-18-31(40-32)27-12-9-23-14-22(7-10-25(23)37-27)20-3-5-21(6-4-20)30-17-35-33(39-30)29-15-24-8-11-26(24)38-29/h1,3-7,9-10,12,14,17-19,24,26,28-29,34,38H,13,15-16H2,(H,35,39)(H,36,40). The van der Waals surface area contributed by atoms with Crippen LogP contribution in [0.1, 0.15) is 36.6 Å². The molecule has 8 rings (SSSR count). The topological polar surface area (TPSA) is 94.3 Å². The number of aromatic nitrogens is 5. The van der Waals surface area contributed by atoms with Gasteiger partial charge in [0.2, 0.25) is 0 Å². The molecule has 0 amide bonds. The van der Waals surface area contributed by atoms with Gasteiger partial charge in [0, 0.05) is 23.8 Å². The molecule has 3 aliphatic rings. The van der Waals surface area contributed by atoms with Gasteiger partial charge in [0.1, 0.15) is 11.6 Å². The molecule has 2 saturated heterocycles. The Hall–Kier alpha value is -4.69. The van der Waals surface area contributed by atoms with Crippen molar-refractivity contribution in [1.29, 1.82) is 0 Å². The largest absolute Gasteiger partial charge is 0.341 e. The van der Waals surface area contributed by atoms with Crippen molar-refractivity contribution in [3.05, 3.63) is 78.6 Å². The number of hydrogen-bond donors (Lipinski definition) is 4. The minimum atomic E-state index is 0.161. The highest BCUT2D eigenvalue weighted by molar-refractivity contribution is 5.86. The highest BCUT2D eigenvalue weighted by Gasteiger charge is 2.37. The molecule has 7 heteroatoms. The summed E-state index contributed by atoms with van der Waals surface area (Å²) in [7, 11) is 0. The van der Waals surface area contributed by atoms with Gasteiger partial charge in [0.05, 0.1) is 53.1 Å². The van der Waals surface area contributed by atoms with Gasteiger partial charge in [0.15, 0.2) is 0 Å². The third-order valence-electron chi connectivity index (χ3n) is 8.41. The average molecular weight is 522 g/mol. The number of terminal acetylenes is 1. The van der Waals surface area contributed by atoms with Gasteiger partial charge in [-0.15, -0.1) is 12.3 Å². The summed E-state index contributed by atoms with van der Waals surface area (Å²) >= 11 is 0. The molecular formula is C33H27N7. The molecule has 40 heavy (non-hydrogen) atoms.